The molecule has 2 saturated carbocycles. The molecule has 4 atom stereocenters. The van der Waals surface area contributed by atoms with Gasteiger partial charge >= 0.3 is 5.97 Å². The first-order valence-electron chi connectivity index (χ1n) is 11.5. The van der Waals surface area contributed by atoms with Gasteiger partial charge in [-0.25, -0.2) is 8.42 Å². The standard InChI is InChI=1S/C23H31ClN2O5S/c1-15(21-13-16-2-3-18(21)12-16)25-22(27)14-31-23(28)17-8-10-26(11-9-17)32(29,30)20-6-4-19(24)5-7-20/h4-7,15-18,21H,2-3,8-14H2,1H3,(H,25,27)/t15-,16-,18-,21-/m0/s1. The number of esters is 1. The molecule has 2 aliphatic carbocycles. The smallest absolute Gasteiger partial charge is 0.309 e. The molecule has 2 bridgehead atoms. The summed E-state index contributed by atoms with van der Waals surface area (Å²) < 4.78 is 32.2. The lowest BCUT2D eigenvalue weighted by Crippen LogP contribution is -2.43. The van der Waals surface area contributed by atoms with E-state index in [4.69, 9.17) is 16.3 Å². The number of amides is 1. The minimum absolute atomic E-state index is 0.0952. The second kappa shape index (κ2) is 9.69. The van der Waals surface area contributed by atoms with Gasteiger partial charge in [0.25, 0.3) is 5.91 Å². The Labute approximate surface area is 194 Å². The van der Waals surface area contributed by atoms with E-state index >= 15 is 0 Å². The summed E-state index contributed by atoms with van der Waals surface area (Å²) in [5.74, 6) is 0.958. The molecule has 1 N–H and O–H groups in total. The van der Waals surface area contributed by atoms with Crippen molar-refractivity contribution in [3.05, 3.63) is 29.3 Å². The zero-order chi connectivity index (χ0) is 22.9. The molecule has 0 unspecified atom stereocenters. The Morgan fingerprint density at radius 3 is 2.41 bits per heavy atom. The van der Waals surface area contributed by atoms with Crippen molar-refractivity contribution in [3.63, 3.8) is 0 Å². The maximum atomic E-state index is 12.8. The van der Waals surface area contributed by atoms with Crippen LogP contribution in [-0.2, 0) is 24.3 Å². The van der Waals surface area contributed by atoms with Crippen LogP contribution in [0.5, 0.6) is 0 Å². The number of hydrogen-bond donors (Lipinski definition) is 1. The summed E-state index contributed by atoms with van der Waals surface area (Å²) in [6.07, 6.45) is 5.79. The van der Waals surface area contributed by atoms with E-state index in [1.807, 2.05) is 6.92 Å². The van der Waals surface area contributed by atoms with E-state index in [-0.39, 0.29) is 36.5 Å². The second-order valence-electron chi connectivity index (χ2n) is 9.43. The van der Waals surface area contributed by atoms with E-state index in [0.717, 1.165) is 5.92 Å². The number of halogens is 1. The Balaban J connectivity index is 1.20. The lowest BCUT2D eigenvalue weighted by Gasteiger charge is -2.30. The van der Waals surface area contributed by atoms with Gasteiger partial charge in [-0.1, -0.05) is 18.0 Å². The van der Waals surface area contributed by atoms with Crippen molar-refractivity contribution in [2.24, 2.45) is 23.7 Å². The van der Waals surface area contributed by atoms with Gasteiger partial charge in [0, 0.05) is 24.2 Å². The van der Waals surface area contributed by atoms with Crippen LogP contribution in [-0.4, -0.2) is 50.3 Å². The minimum atomic E-state index is -3.62. The average molecular weight is 483 g/mol. The lowest BCUT2D eigenvalue weighted by atomic mass is 9.84. The van der Waals surface area contributed by atoms with Crippen molar-refractivity contribution in [1.29, 1.82) is 0 Å². The van der Waals surface area contributed by atoms with Crippen molar-refractivity contribution < 1.29 is 22.7 Å². The summed E-state index contributed by atoms with van der Waals surface area (Å²) in [5.41, 5.74) is 0. The van der Waals surface area contributed by atoms with Gasteiger partial charge in [-0.15, -0.1) is 0 Å². The molecular weight excluding hydrogens is 452 g/mol. The number of rotatable bonds is 7. The third-order valence-electron chi connectivity index (χ3n) is 7.41. The third kappa shape index (κ3) is 5.13. The highest BCUT2D eigenvalue weighted by Gasteiger charge is 2.42. The highest BCUT2D eigenvalue weighted by Crippen LogP contribution is 2.49. The summed E-state index contributed by atoms with van der Waals surface area (Å²) >= 11 is 5.84. The molecule has 4 rings (SSSR count). The molecule has 3 aliphatic rings. The predicted molar refractivity (Wildman–Crippen MR) is 120 cm³/mol. The van der Waals surface area contributed by atoms with E-state index in [9.17, 15) is 18.0 Å². The number of carbonyl (C=O) groups is 2. The van der Waals surface area contributed by atoms with E-state index in [2.05, 4.69) is 5.32 Å². The van der Waals surface area contributed by atoms with Crippen molar-refractivity contribution in [1.82, 2.24) is 9.62 Å². The van der Waals surface area contributed by atoms with Crippen LogP contribution in [0.4, 0.5) is 0 Å². The fraction of sp³-hybridized carbons (Fsp3) is 0.652. The van der Waals surface area contributed by atoms with Crippen LogP contribution in [0.25, 0.3) is 0 Å². The molecular formula is C23H31ClN2O5S. The molecule has 32 heavy (non-hydrogen) atoms. The fourth-order valence-electron chi connectivity index (χ4n) is 5.65. The summed E-state index contributed by atoms with van der Waals surface area (Å²) in [6.45, 7) is 2.23. The number of nitrogens with zero attached hydrogens (tertiary/aromatic N) is 1. The van der Waals surface area contributed by atoms with E-state index in [0.29, 0.717) is 29.7 Å². The zero-order valence-corrected chi connectivity index (χ0v) is 19.9. The number of hydrogen-bond acceptors (Lipinski definition) is 5. The van der Waals surface area contributed by atoms with Gasteiger partial charge in [0.05, 0.1) is 10.8 Å². The van der Waals surface area contributed by atoms with Crippen LogP contribution in [0.1, 0.15) is 45.4 Å². The largest absolute Gasteiger partial charge is 0.455 e. The molecule has 1 aromatic carbocycles. The molecule has 1 aliphatic heterocycles. The van der Waals surface area contributed by atoms with Gasteiger partial charge in [0.1, 0.15) is 0 Å². The van der Waals surface area contributed by atoms with Crippen LogP contribution in [0.2, 0.25) is 5.02 Å². The summed E-state index contributed by atoms with van der Waals surface area (Å²) in [5, 5.41) is 3.47. The molecule has 176 valence electrons. The lowest BCUT2D eigenvalue weighted by molar-refractivity contribution is -0.154. The maximum Gasteiger partial charge on any atom is 0.309 e. The fourth-order valence-corrected chi connectivity index (χ4v) is 7.25. The van der Waals surface area contributed by atoms with E-state index in [1.54, 1.807) is 12.1 Å². The highest BCUT2D eigenvalue weighted by molar-refractivity contribution is 7.89. The van der Waals surface area contributed by atoms with E-state index < -0.39 is 21.9 Å². The molecule has 0 radical (unpaired) electrons. The minimum Gasteiger partial charge on any atom is -0.455 e. The van der Waals surface area contributed by atoms with Crippen LogP contribution in [0, 0.1) is 23.7 Å². The first-order chi connectivity index (χ1) is 15.2. The quantitative estimate of drug-likeness (QED) is 0.602. The first-order valence-corrected chi connectivity index (χ1v) is 13.3. The molecule has 3 fully saturated rings. The number of nitrogens with one attached hydrogen (secondary N) is 1. The molecule has 1 aromatic rings. The molecule has 1 heterocycles. The summed E-state index contributed by atoms with van der Waals surface area (Å²) in [7, 11) is -3.62. The number of fused-ring (bicyclic) bond motifs is 2. The van der Waals surface area contributed by atoms with Crippen molar-refractivity contribution in [3.8, 4) is 0 Å². The van der Waals surface area contributed by atoms with Gasteiger partial charge in [-0.05, 0) is 81.0 Å². The number of benzene rings is 1. The average Bonchev–Trinajstić information content (AvgIpc) is 3.42. The van der Waals surface area contributed by atoms with Gasteiger partial charge in [-0.2, -0.15) is 4.31 Å². The summed E-state index contributed by atoms with van der Waals surface area (Å²) in [6, 6.07) is 6.14. The third-order valence-corrected chi connectivity index (χ3v) is 9.57. The first kappa shape index (κ1) is 23.5. The molecule has 9 heteroatoms. The van der Waals surface area contributed by atoms with Gasteiger partial charge < -0.3 is 10.1 Å². The second-order valence-corrected chi connectivity index (χ2v) is 11.8. The molecule has 1 amide bonds. The van der Waals surface area contributed by atoms with Crippen LogP contribution in [0.15, 0.2) is 29.2 Å². The van der Waals surface area contributed by atoms with Crippen LogP contribution in [0.3, 0.4) is 0 Å². The van der Waals surface area contributed by atoms with Crippen molar-refractivity contribution in [2.75, 3.05) is 19.7 Å². The normalized spacial score (nSPS) is 27.2. The Hall–Kier alpha value is -1.64. The Morgan fingerprint density at radius 1 is 1.12 bits per heavy atom. The topological polar surface area (TPSA) is 92.8 Å². The Kier molecular flexibility index (Phi) is 7.12. The molecule has 1 saturated heterocycles. The van der Waals surface area contributed by atoms with Gasteiger partial charge in [0.15, 0.2) is 6.61 Å². The highest BCUT2D eigenvalue weighted by atomic mass is 35.5. The predicted octanol–water partition coefficient (Wildman–Crippen LogP) is 3.22. The van der Waals surface area contributed by atoms with E-state index in [1.165, 1.54) is 42.1 Å². The number of carbonyl (C=O) groups excluding carboxylic acids is 2. The van der Waals surface area contributed by atoms with Crippen molar-refractivity contribution >= 4 is 33.5 Å². The zero-order valence-electron chi connectivity index (χ0n) is 18.3. The summed E-state index contributed by atoms with van der Waals surface area (Å²) in [4.78, 5) is 24.9. The SMILES string of the molecule is C[C@H](NC(=O)COC(=O)C1CCN(S(=O)(=O)c2ccc(Cl)cc2)CC1)[C@@H]1C[C@H]2CC[C@H]1C2. The molecule has 7 nitrogen and oxygen atoms in total. The maximum absolute atomic E-state index is 12.8. The van der Waals surface area contributed by atoms with Gasteiger partial charge in [0.2, 0.25) is 10.0 Å². The van der Waals surface area contributed by atoms with Crippen LogP contribution < -0.4 is 5.32 Å². The van der Waals surface area contributed by atoms with Crippen LogP contribution >= 0.6 is 11.6 Å². The number of ether oxygens (including phenoxy) is 1. The van der Waals surface area contributed by atoms with Gasteiger partial charge in [-0.3, -0.25) is 9.59 Å². The molecule has 0 spiro atoms. The number of piperidine rings is 1. The number of sulfonamides is 1. The monoisotopic (exact) mass is 482 g/mol. The molecule has 0 aromatic heterocycles. The Bertz CT molecular complexity index is 944. The van der Waals surface area contributed by atoms with Crippen molar-refractivity contribution in [2.45, 2.75) is 56.4 Å². The Morgan fingerprint density at radius 2 is 1.81 bits per heavy atom.